The molecular formula is C12H17ClN2O2. The maximum absolute atomic E-state index is 10.8. The van der Waals surface area contributed by atoms with E-state index >= 15 is 0 Å². The first kappa shape index (κ1) is 13.8. The number of rotatable bonds is 5. The van der Waals surface area contributed by atoms with Gasteiger partial charge in [-0.05, 0) is 32.3 Å². The third kappa shape index (κ3) is 3.91. The van der Waals surface area contributed by atoms with Crippen molar-refractivity contribution >= 4 is 23.3 Å². The molecule has 0 atom stereocenters. The Morgan fingerprint density at radius 2 is 1.94 bits per heavy atom. The van der Waals surface area contributed by atoms with Gasteiger partial charge < -0.3 is 14.9 Å². The molecule has 0 aromatic heterocycles. The van der Waals surface area contributed by atoms with Gasteiger partial charge in [0.2, 0.25) is 0 Å². The predicted molar refractivity (Wildman–Crippen MR) is 70.2 cm³/mol. The summed E-state index contributed by atoms with van der Waals surface area (Å²) in [7, 11) is 5.97. The number of carboxylic acids is 1. The second-order valence-corrected chi connectivity index (χ2v) is 4.60. The molecular weight excluding hydrogens is 240 g/mol. The van der Waals surface area contributed by atoms with Gasteiger partial charge in [0, 0.05) is 25.8 Å². The second-order valence-electron chi connectivity index (χ2n) is 4.19. The zero-order valence-corrected chi connectivity index (χ0v) is 11.0. The molecule has 5 heteroatoms. The smallest absolute Gasteiger partial charge is 0.337 e. The van der Waals surface area contributed by atoms with Crippen LogP contribution in [0.2, 0.25) is 5.02 Å². The van der Waals surface area contributed by atoms with Crippen LogP contribution in [-0.2, 0) is 0 Å². The van der Waals surface area contributed by atoms with Crippen LogP contribution in [0.5, 0.6) is 0 Å². The van der Waals surface area contributed by atoms with E-state index in [-0.39, 0.29) is 10.6 Å². The van der Waals surface area contributed by atoms with Crippen LogP contribution in [0.4, 0.5) is 5.69 Å². The van der Waals surface area contributed by atoms with Gasteiger partial charge in [0.25, 0.3) is 0 Å². The summed E-state index contributed by atoms with van der Waals surface area (Å²) in [6, 6.07) is 4.98. The van der Waals surface area contributed by atoms with Crippen molar-refractivity contribution in [3.63, 3.8) is 0 Å². The van der Waals surface area contributed by atoms with Gasteiger partial charge >= 0.3 is 5.97 Å². The van der Waals surface area contributed by atoms with Gasteiger partial charge in [-0.15, -0.1) is 0 Å². The summed E-state index contributed by atoms with van der Waals surface area (Å²) in [5.41, 5.74) is 1.05. The van der Waals surface area contributed by atoms with Gasteiger partial charge in [0.1, 0.15) is 0 Å². The Hall–Kier alpha value is -1.26. The number of nitrogens with zero attached hydrogens (tertiary/aromatic N) is 2. The molecule has 0 aliphatic rings. The monoisotopic (exact) mass is 256 g/mol. The van der Waals surface area contributed by atoms with Crippen molar-refractivity contribution in [1.29, 1.82) is 0 Å². The predicted octanol–water partition coefficient (Wildman–Crippen LogP) is 2.04. The fourth-order valence-electron chi connectivity index (χ4n) is 1.39. The summed E-state index contributed by atoms with van der Waals surface area (Å²) in [6.45, 7) is 1.78. The van der Waals surface area contributed by atoms with Crippen molar-refractivity contribution in [2.45, 2.75) is 0 Å². The minimum Gasteiger partial charge on any atom is -0.478 e. The minimum atomic E-state index is -1.00. The van der Waals surface area contributed by atoms with E-state index in [2.05, 4.69) is 4.90 Å². The summed E-state index contributed by atoms with van der Waals surface area (Å²) < 4.78 is 0. The highest BCUT2D eigenvalue weighted by atomic mass is 35.5. The van der Waals surface area contributed by atoms with Crippen molar-refractivity contribution < 1.29 is 9.90 Å². The maximum Gasteiger partial charge on any atom is 0.337 e. The Labute approximate surface area is 106 Å². The largest absolute Gasteiger partial charge is 0.478 e. The number of benzene rings is 1. The van der Waals surface area contributed by atoms with Gasteiger partial charge in [-0.3, -0.25) is 0 Å². The van der Waals surface area contributed by atoms with Crippen molar-refractivity contribution in [2.75, 3.05) is 39.1 Å². The van der Waals surface area contributed by atoms with E-state index in [4.69, 9.17) is 16.7 Å². The van der Waals surface area contributed by atoms with Gasteiger partial charge in [0.05, 0.1) is 10.6 Å². The first-order valence-corrected chi connectivity index (χ1v) is 5.68. The van der Waals surface area contributed by atoms with Gasteiger partial charge in [-0.1, -0.05) is 11.6 Å². The normalized spacial score (nSPS) is 10.6. The van der Waals surface area contributed by atoms with Crippen LogP contribution < -0.4 is 4.90 Å². The molecule has 1 N–H and O–H groups in total. The highest BCUT2D eigenvalue weighted by Gasteiger charge is 2.10. The summed E-state index contributed by atoms with van der Waals surface area (Å²) in [5.74, 6) is -1.00. The molecule has 17 heavy (non-hydrogen) atoms. The van der Waals surface area contributed by atoms with Crippen molar-refractivity contribution in [3.05, 3.63) is 28.8 Å². The SMILES string of the molecule is CN(C)CCN(C)c1ccc(C(=O)O)c(Cl)c1. The Bertz CT molecular complexity index is 407. The van der Waals surface area contributed by atoms with Gasteiger partial charge in [-0.2, -0.15) is 0 Å². The fraction of sp³-hybridized carbons (Fsp3) is 0.417. The highest BCUT2D eigenvalue weighted by molar-refractivity contribution is 6.33. The van der Waals surface area contributed by atoms with Gasteiger partial charge in [0.15, 0.2) is 0 Å². The molecule has 0 saturated carbocycles. The number of hydrogen-bond donors (Lipinski definition) is 1. The van der Waals surface area contributed by atoms with E-state index in [1.807, 2.05) is 26.0 Å². The molecule has 1 aromatic rings. The zero-order chi connectivity index (χ0) is 13.0. The molecule has 0 spiro atoms. The zero-order valence-electron chi connectivity index (χ0n) is 10.3. The quantitative estimate of drug-likeness (QED) is 0.876. The van der Waals surface area contributed by atoms with Crippen LogP contribution in [0.3, 0.4) is 0 Å². The Morgan fingerprint density at radius 1 is 1.29 bits per heavy atom. The minimum absolute atomic E-state index is 0.136. The third-order valence-electron chi connectivity index (χ3n) is 2.51. The lowest BCUT2D eigenvalue weighted by Crippen LogP contribution is -2.28. The number of carboxylic acid groups (broad SMARTS) is 1. The molecule has 94 valence electrons. The average molecular weight is 257 g/mol. The molecule has 0 saturated heterocycles. The summed E-state index contributed by atoms with van der Waals surface area (Å²) >= 11 is 5.91. The molecule has 0 aliphatic heterocycles. The van der Waals surface area contributed by atoms with Crippen molar-refractivity contribution in [1.82, 2.24) is 4.90 Å². The lowest BCUT2D eigenvalue weighted by atomic mass is 10.2. The van der Waals surface area contributed by atoms with Crippen LogP contribution in [0, 0.1) is 0 Å². The first-order valence-electron chi connectivity index (χ1n) is 5.30. The maximum atomic E-state index is 10.8. The molecule has 0 bridgehead atoms. The third-order valence-corrected chi connectivity index (χ3v) is 2.82. The molecule has 0 fully saturated rings. The van der Waals surface area contributed by atoms with Crippen LogP contribution in [0.1, 0.15) is 10.4 Å². The van der Waals surface area contributed by atoms with Gasteiger partial charge in [-0.25, -0.2) is 4.79 Å². The first-order chi connectivity index (χ1) is 7.91. The number of likely N-dealkylation sites (N-methyl/N-ethyl adjacent to an activating group) is 2. The van der Waals surface area contributed by atoms with Crippen LogP contribution in [0.25, 0.3) is 0 Å². The van der Waals surface area contributed by atoms with E-state index in [1.165, 1.54) is 6.07 Å². The standard InChI is InChI=1S/C12H17ClN2O2/c1-14(2)6-7-15(3)9-4-5-10(12(16)17)11(13)8-9/h4-5,8H,6-7H2,1-3H3,(H,16,17). The highest BCUT2D eigenvalue weighted by Crippen LogP contribution is 2.23. The number of hydrogen-bond acceptors (Lipinski definition) is 3. The number of anilines is 1. The summed E-state index contributed by atoms with van der Waals surface area (Å²) in [4.78, 5) is 14.9. The molecule has 4 nitrogen and oxygen atoms in total. The lowest BCUT2D eigenvalue weighted by molar-refractivity contribution is 0.0697. The van der Waals surface area contributed by atoms with Crippen molar-refractivity contribution in [3.8, 4) is 0 Å². The number of halogens is 1. The molecule has 1 rings (SSSR count). The molecule has 1 aromatic carbocycles. The van der Waals surface area contributed by atoms with Crippen LogP contribution >= 0.6 is 11.6 Å². The van der Waals surface area contributed by atoms with Crippen molar-refractivity contribution in [2.24, 2.45) is 0 Å². The summed E-state index contributed by atoms with van der Waals surface area (Å²) in [5, 5.41) is 9.14. The average Bonchev–Trinajstić information content (AvgIpc) is 2.25. The van der Waals surface area contributed by atoms with Crippen LogP contribution in [-0.4, -0.2) is 50.2 Å². The molecule has 0 unspecified atom stereocenters. The molecule has 0 amide bonds. The topological polar surface area (TPSA) is 43.8 Å². The van der Waals surface area contributed by atoms with E-state index < -0.39 is 5.97 Å². The van der Waals surface area contributed by atoms with Crippen LogP contribution in [0.15, 0.2) is 18.2 Å². The van der Waals surface area contributed by atoms with E-state index in [1.54, 1.807) is 12.1 Å². The lowest BCUT2D eigenvalue weighted by Gasteiger charge is -2.22. The molecule has 0 aliphatic carbocycles. The Balaban J connectivity index is 2.79. The number of aromatic carboxylic acids is 1. The molecule has 0 radical (unpaired) electrons. The molecule has 0 heterocycles. The second kappa shape index (κ2) is 5.89. The fourth-order valence-corrected chi connectivity index (χ4v) is 1.65. The number of carbonyl (C=O) groups is 1. The summed E-state index contributed by atoms with van der Waals surface area (Å²) in [6.07, 6.45) is 0. The Kier molecular flexibility index (Phi) is 4.78. The van der Waals surface area contributed by atoms with E-state index in [0.717, 1.165) is 18.8 Å². The Morgan fingerprint density at radius 3 is 2.41 bits per heavy atom. The van der Waals surface area contributed by atoms with E-state index in [9.17, 15) is 4.79 Å². The van der Waals surface area contributed by atoms with E-state index in [0.29, 0.717) is 0 Å².